The van der Waals surface area contributed by atoms with Gasteiger partial charge in [-0.2, -0.15) is 17.6 Å². The van der Waals surface area contributed by atoms with Gasteiger partial charge in [-0.05, 0) is 48.5 Å². The summed E-state index contributed by atoms with van der Waals surface area (Å²) in [4.78, 5) is 13.0. The number of halogens is 4. The predicted octanol–water partition coefficient (Wildman–Crippen LogP) is 4.53. The summed E-state index contributed by atoms with van der Waals surface area (Å²) >= 11 is 5.49. The summed E-state index contributed by atoms with van der Waals surface area (Å²) in [6.07, 6.45) is -2.91. The van der Waals surface area contributed by atoms with Crippen molar-refractivity contribution < 1.29 is 26.8 Å². The zero-order chi connectivity index (χ0) is 21.5. The molecule has 0 saturated carbocycles. The standard InChI is InChI=1S/C21H13F4N3OS/c22-14-7-9-16(10-8-14)28-17-6-1-2-11-27(17)18(20(28)30)19(29)26-15-5-3-4-13(12-15)21(23,24)25/h1-12H,(H-,26,29,30). The molecule has 4 rings (SSSR count). The fourth-order valence-corrected chi connectivity index (χ4v) is 3.52. The fraction of sp³-hybridized carbons (Fsp3) is 0.0476. The Kier molecular flexibility index (Phi) is 4.90. The SMILES string of the molecule is O=C(Nc1cccc(C(F)(F)F)c1)c1c([S-])n(-c2ccc(F)cc2)c2cccc[n+]12. The molecular weight excluding hydrogens is 418 g/mol. The van der Waals surface area contributed by atoms with E-state index in [1.807, 2.05) is 0 Å². The average Bonchev–Trinajstić information content (AvgIpc) is 3.00. The van der Waals surface area contributed by atoms with Gasteiger partial charge in [-0.25, -0.2) is 8.96 Å². The quantitative estimate of drug-likeness (QED) is 0.294. The third-order valence-electron chi connectivity index (χ3n) is 4.46. The van der Waals surface area contributed by atoms with Crippen LogP contribution in [-0.2, 0) is 18.8 Å². The number of fused-ring (bicyclic) bond motifs is 1. The van der Waals surface area contributed by atoms with E-state index in [0.29, 0.717) is 11.3 Å². The van der Waals surface area contributed by atoms with Crippen LogP contribution in [0.25, 0.3) is 11.3 Å². The van der Waals surface area contributed by atoms with Crippen molar-refractivity contribution >= 4 is 29.9 Å². The van der Waals surface area contributed by atoms with Gasteiger partial charge in [0.15, 0.2) is 0 Å². The highest BCUT2D eigenvalue weighted by Gasteiger charge is 2.31. The number of hydrogen-bond acceptors (Lipinski definition) is 2. The molecular formula is C21H13F4N3OS. The van der Waals surface area contributed by atoms with Crippen LogP contribution in [0.1, 0.15) is 16.1 Å². The molecule has 0 bridgehead atoms. The van der Waals surface area contributed by atoms with Gasteiger partial charge >= 0.3 is 6.18 Å². The second-order valence-electron chi connectivity index (χ2n) is 6.43. The second-order valence-corrected chi connectivity index (χ2v) is 6.81. The van der Waals surface area contributed by atoms with E-state index in [-0.39, 0.29) is 16.4 Å². The summed E-state index contributed by atoms with van der Waals surface area (Å²) < 4.78 is 55.3. The Hall–Kier alpha value is -3.46. The highest BCUT2D eigenvalue weighted by molar-refractivity contribution is 7.58. The summed E-state index contributed by atoms with van der Waals surface area (Å²) in [6.45, 7) is 0. The summed E-state index contributed by atoms with van der Waals surface area (Å²) in [5, 5.41) is 2.61. The molecule has 0 unspecified atom stereocenters. The number of imidazole rings is 1. The topological polar surface area (TPSA) is 38.1 Å². The number of pyridine rings is 1. The average molecular weight is 431 g/mol. The van der Waals surface area contributed by atoms with Crippen molar-refractivity contribution in [2.45, 2.75) is 11.2 Å². The number of hydrogen-bond donors (Lipinski definition) is 1. The van der Waals surface area contributed by atoms with Crippen LogP contribution in [0.15, 0.2) is 78.0 Å². The van der Waals surface area contributed by atoms with Crippen molar-refractivity contribution in [3.8, 4) is 5.69 Å². The molecule has 0 saturated heterocycles. The van der Waals surface area contributed by atoms with Gasteiger partial charge in [0.2, 0.25) is 5.69 Å². The first-order valence-corrected chi connectivity index (χ1v) is 9.13. The number of anilines is 1. The van der Waals surface area contributed by atoms with Crippen molar-refractivity contribution in [2.75, 3.05) is 5.32 Å². The van der Waals surface area contributed by atoms with Crippen LogP contribution < -0.4 is 9.72 Å². The number of nitrogens with zero attached hydrogens (tertiary/aromatic N) is 2. The molecule has 0 atom stereocenters. The summed E-state index contributed by atoms with van der Waals surface area (Å²) in [5.41, 5.74) is 0.276. The molecule has 1 N–H and O–H groups in total. The fourth-order valence-electron chi connectivity index (χ4n) is 3.13. The van der Waals surface area contributed by atoms with Crippen LogP contribution in [0, 0.1) is 5.82 Å². The molecule has 2 aromatic carbocycles. The van der Waals surface area contributed by atoms with Gasteiger partial charge in [0.1, 0.15) is 11.5 Å². The summed E-state index contributed by atoms with van der Waals surface area (Å²) in [6, 6.07) is 15.1. The smallest absolute Gasteiger partial charge is 0.416 e. The van der Waals surface area contributed by atoms with Gasteiger partial charge < -0.3 is 17.9 Å². The zero-order valence-electron chi connectivity index (χ0n) is 15.2. The molecule has 0 fully saturated rings. The van der Waals surface area contributed by atoms with Crippen molar-refractivity contribution in [1.82, 2.24) is 4.57 Å². The van der Waals surface area contributed by atoms with Gasteiger partial charge in [0.05, 0.1) is 11.8 Å². The normalized spacial score (nSPS) is 11.6. The van der Waals surface area contributed by atoms with E-state index in [0.717, 1.165) is 12.1 Å². The molecule has 4 aromatic rings. The van der Waals surface area contributed by atoms with Gasteiger partial charge in [0.25, 0.3) is 11.6 Å². The zero-order valence-corrected chi connectivity index (χ0v) is 16.0. The van der Waals surface area contributed by atoms with Crippen LogP contribution >= 0.6 is 0 Å². The van der Waals surface area contributed by atoms with Crippen LogP contribution in [0.4, 0.5) is 23.2 Å². The van der Waals surface area contributed by atoms with E-state index in [4.69, 9.17) is 12.6 Å². The minimum absolute atomic E-state index is 0.0107. The van der Waals surface area contributed by atoms with Gasteiger partial charge in [-0.15, -0.1) is 0 Å². The van der Waals surface area contributed by atoms with Crippen molar-refractivity contribution in [3.05, 3.63) is 90.0 Å². The Morgan fingerprint density at radius 2 is 1.73 bits per heavy atom. The monoisotopic (exact) mass is 431 g/mol. The number of amides is 1. The van der Waals surface area contributed by atoms with E-state index in [1.54, 1.807) is 29.0 Å². The lowest BCUT2D eigenvalue weighted by Crippen LogP contribution is -2.30. The lowest BCUT2D eigenvalue weighted by atomic mass is 10.2. The molecule has 1 amide bonds. The van der Waals surface area contributed by atoms with Crippen molar-refractivity contribution in [1.29, 1.82) is 0 Å². The lowest BCUT2D eigenvalue weighted by molar-refractivity contribution is -0.514. The van der Waals surface area contributed by atoms with Gasteiger partial charge in [-0.3, -0.25) is 4.79 Å². The predicted molar refractivity (Wildman–Crippen MR) is 104 cm³/mol. The maximum atomic E-state index is 13.3. The maximum Gasteiger partial charge on any atom is 0.416 e. The highest BCUT2D eigenvalue weighted by Crippen LogP contribution is 2.31. The first-order valence-electron chi connectivity index (χ1n) is 8.72. The molecule has 0 aliphatic rings. The first-order chi connectivity index (χ1) is 14.3. The van der Waals surface area contributed by atoms with Crippen molar-refractivity contribution in [2.24, 2.45) is 0 Å². The molecule has 9 heteroatoms. The van der Waals surface area contributed by atoms with Gasteiger partial charge in [0, 0.05) is 16.8 Å². The van der Waals surface area contributed by atoms with E-state index in [1.165, 1.54) is 40.8 Å². The minimum Gasteiger partial charge on any atom is -0.732 e. The molecule has 0 aliphatic heterocycles. The number of benzene rings is 2. The minimum atomic E-state index is -4.53. The third-order valence-corrected chi connectivity index (χ3v) is 4.84. The van der Waals surface area contributed by atoms with E-state index >= 15 is 0 Å². The second kappa shape index (κ2) is 7.42. The molecule has 0 spiro atoms. The number of nitrogens with one attached hydrogen (secondary N) is 1. The van der Waals surface area contributed by atoms with E-state index < -0.39 is 23.5 Å². The number of rotatable bonds is 3. The van der Waals surface area contributed by atoms with Gasteiger partial charge in [-0.1, -0.05) is 12.1 Å². The van der Waals surface area contributed by atoms with E-state index in [2.05, 4.69) is 5.32 Å². The van der Waals surface area contributed by atoms with Crippen LogP contribution in [-0.4, -0.2) is 10.5 Å². The number of carbonyl (C=O) groups excluding carboxylic acids is 1. The Labute approximate surface area is 173 Å². The Bertz CT molecular complexity index is 1250. The Balaban J connectivity index is 1.79. The van der Waals surface area contributed by atoms with E-state index in [9.17, 15) is 22.4 Å². The van der Waals surface area contributed by atoms with Crippen LogP contribution in [0.3, 0.4) is 0 Å². The van der Waals surface area contributed by atoms with Crippen molar-refractivity contribution in [3.63, 3.8) is 0 Å². The van der Waals surface area contributed by atoms with Crippen LogP contribution in [0.2, 0.25) is 0 Å². The molecule has 0 radical (unpaired) electrons. The molecule has 2 heterocycles. The number of alkyl halides is 3. The molecule has 0 aliphatic carbocycles. The molecule has 2 aromatic heterocycles. The lowest BCUT2D eigenvalue weighted by Gasteiger charge is -2.10. The first kappa shape index (κ1) is 19.8. The third kappa shape index (κ3) is 3.59. The Morgan fingerprint density at radius 1 is 1.00 bits per heavy atom. The summed E-state index contributed by atoms with van der Waals surface area (Å²) in [5.74, 6) is -1.09. The molecule has 30 heavy (non-hydrogen) atoms. The largest absolute Gasteiger partial charge is 0.732 e. The highest BCUT2D eigenvalue weighted by atomic mass is 32.1. The molecule has 4 nitrogen and oxygen atoms in total. The maximum absolute atomic E-state index is 13.3. The molecule has 152 valence electrons. The number of aromatic nitrogens is 2. The number of carbonyl (C=O) groups is 1. The summed E-state index contributed by atoms with van der Waals surface area (Å²) in [7, 11) is 0. The Morgan fingerprint density at radius 3 is 2.43 bits per heavy atom. The van der Waals surface area contributed by atoms with Crippen LogP contribution in [0.5, 0.6) is 0 Å².